The Balaban J connectivity index is 2.09. The summed E-state index contributed by atoms with van der Waals surface area (Å²) in [5.74, 6) is 0.974. The molecule has 1 N–H and O–H groups in total. The van der Waals surface area contributed by atoms with Crippen molar-refractivity contribution in [2.24, 2.45) is 5.92 Å². The second-order valence-electron chi connectivity index (χ2n) is 5.41. The van der Waals surface area contributed by atoms with Gasteiger partial charge < -0.3 is 9.52 Å². The first-order valence-electron chi connectivity index (χ1n) is 6.55. The third-order valence-electron chi connectivity index (χ3n) is 3.74. The Hall–Kier alpha value is -1.29. The van der Waals surface area contributed by atoms with Crippen LogP contribution in [0.3, 0.4) is 0 Å². The molecule has 4 heteroatoms. The third-order valence-corrected chi connectivity index (χ3v) is 3.74. The maximum atomic E-state index is 11.0. The zero-order valence-electron chi connectivity index (χ0n) is 11.3. The van der Waals surface area contributed by atoms with Gasteiger partial charge in [0.1, 0.15) is 17.1 Å². The molecule has 1 aromatic heterocycles. The maximum Gasteiger partial charge on any atom is 0.339 e. The van der Waals surface area contributed by atoms with Crippen LogP contribution >= 0.6 is 0 Å². The van der Waals surface area contributed by atoms with Crippen LogP contribution in [0.15, 0.2) is 10.5 Å². The number of likely N-dealkylation sites (tertiary alicyclic amines) is 1. The number of hydrogen-bond donors (Lipinski definition) is 1. The number of carboxylic acids is 1. The van der Waals surface area contributed by atoms with Crippen molar-refractivity contribution in [3.05, 3.63) is 23.2 Å². The molecule has 1 fully saturated rings. The summed E-state index contributed by atoms with van der Waals surface area (Å²) < 4.78 is 5.54. The predicted octanol–water partition coefficient (Wildman–Crippen LogP) is 2.91. The number of aryl methyl sites for hydroxylation is 1. The first kappa shape index (κ1) is 13.1. The van der Waals surface area contributed by atoms with E-state index in [4.69, 9.17) is 9.52 Å². The molecule has 0 aliphatic carbocycles. The smallest absolute Gasteiger partial charge is 0.339 e. The predicted molar refractivity (Wildman–Crippen MR) is 68.7 cm³/mol. The van der Waals surface area contributed by atoms with Gasteiger partial charge in [-0.1, -0.05) is 13.8 Å². The van der Waals surface area contributed by atoms with Gasteiger partial charge in [-0.2, -0.15) is 0 Å². The van der Waals surface area contributed by atoms with E-state index >= 15 is 0 Å². The minimum Gasteiger partial charge on any atom is -0.478 e. The van der Waals surface area contributed by atoms with Crippen molar-refractivity contribution in [2.75, 3.05) is 6.54 Å². The van der Waals surface area contributed by atoms with Crippen LogP contribution in [-0.4, -0.2) is 28.6 Å². The molecule has 0 spiro atoms. The Labute approximate surface area is 108 Å². The average molecular weight is 251 g/mol. The summed E-state index contributed by atoms with van der Waals surface area (Å²) in [4.78, 5) is 13.4. The highest BCUT2D eigenvalue weighted by Crippen LogP contribution is 2.26. The van der Waals surface area contributed by atoms with E-state index < -0.39 is 5.97 Å². The van der Waals surface area contributed by atoms with Gasteiger partial charge >= 0.3 is 5.97 Å². The number of furan rings is 1. The lowest BCUT2D eigenvalue weighted by atomic mass is 10.0. The quantitative estimate of drug-likeness (QED) is 0.894. The highest BCUT2D eigenvalue weighted by molar-refractivity contribution is 5.88. The van der Waals surface area contributed by atoms with Crippen LogP contribution in [0.5, 0.6) is 0 Å². The lowest BCUT2D eigenvalue weighted by Crippen LogP contribution is -2.32. The lowest BCUT2D eigenvalue weighted by molar-refractivity contribution is 0.0695. The Kier molecular flexibility index (Phi) is 3.76. The van der Waals surface area contributed by atoms with E-state index in [2.05, 4.69) is 18.7 Å². The van der Waals surface area contributed by atoms with E-state index in [1.807, 2.05) is 0 Å². The molecule has 1 atom stereocenters. The maximum absolute atomic E-state index is 11.0. The van der Waals surface area contributed by atoms with Gasteiger partial charge in [0.05, 0.1) is 6.54 Å². The summed E-state index contributed by atoms with van der Waals surface area (Å²) in [5.41, 5.74) is 0.283. The average Bonchev–Trinajstić information content (AvgIpc) is 2.85. The van der Waals surface area contributed by atoms with Gasteiger partial charge in [0.2, 0.25) is 0 Å². The van der Waals surface area contributed by atoms with Crippen LogP contribution < -0.4 is 0 Å². The molecule has 0 aromatic carbocycles. The summed E-state index contributed by atoms with van der Waals surface area (Å²) in [6.45, 7) is 7.97. The minimum atomic E-state index is -0.913. The number of hydrogen-bond acceptors (Lipinski definition) is 3. The lowest BCUT2D eigenvalue weighted by Gasteiger charge is -2.26. The molecule has 1 aliphatic rings. The molecule has 0 bridgehead atoms. The zero-order valence-corrected chi connectivity index (χ0v) is 11.3. The molecular formula is C14H21NO3. The van der Waals surface area contributed by atoms with E-state index in [1.54, 1.807) is 13.0 Å². The fraction of sp³-hybridized carbons (Fsp3) is 0.643. The molecule has 100 valence electrons. The molecule has 18 heavy (non-hydrogen) atoms. The van der Waals surface area contributed by atoms with E-state index in [0.717, 1.165) is 18.8 Å². The summed E-state index contributed by atoms with van der Waals surface area (Å²) in [6.07, 6.45) is 2.44. The van der Waals surface area contributed by atoms with Crippen molar-refractivity contribution in [1.82, 2.24) is 4.90 Å². The van der Waals surface area contributed by atoms with Crippen molar-refractivity contribution in [2.45, 2.75) is 46.2 Å². The van der Waals surface area contributed by atoms with Gasteiger partial charge in [-0.05, 0) is 38.3 Å². The number of rotatable bonds is 4. The van der Waals surface area contributed by atoms with Crippen LogP contribution in [0.25, 0.3) is 0 Å². The highest BCUT2D eigenvalue weighted by atomic mass is 16.4. The van der Waals surface area contributed by atoms with Crippen LogP contribution in [0.2, 0.25) is 0 Å². The molecule has 1 aliphatic heterocycles. The van der Waals surface area contributed by atoms with Gasteiger partial charge in [0, 0.05) is 6.04 Å². The molecular weight excluding hydrogens is 230 g/mol. The molecule has 1 unspecified atom stereocenters. The summed E-state index contributed by atoms with van der Waals surface area (Å²) >= 11 is 0. The van der Waals surface area contributed by atoms with E-state index in [1.165, 1.54) is 12.8 Å². The minimum absolute atomic E-state index is 0.283. The molecule has 0 amide bonds. The Bertz CT molecular complexity index is 436. The molecule has 0 radical (unpaired) electrons. The van der Waals surface area contributed by atoms with E-state index in [9.17, 15) is 4.79 Å². The number of carbonyl (C=O) groups is 1. The second kappa shape index (κ2) is 5.14. The van der Waals surface area contributed by atoms with Crippen molar-refractivity contribution in [3.8, 4) is 0 Å². The fourth-order valence-corrected chi connectivity index (χ4v) is 2.84. The van der Waals surface area contributed by atoms with Crippen LogP contribution in [0, 0.1) is 12.8 Å². The largest absolute Gasteiger partial charge is 0.478 e. The molecule has 2 rings (SSSR count). The molecule has 0 saturated carbocycles. The summed E-state index contributed by atoms with van der Waals surface area (Å²) in [6, 6.07) is 2.25. The Morgan fingerprint density at radius 3 is 2.89 bits per heavy atom. The number of aromatic carboxylic acids is 1. The van der Waals surface area contributed by atoms with Crippen LogP contribution in [0.4, 0.5) is 0 Å². The van der Waals surface area contributed by atoms with Gasteiger partial charge in [-0.3, -0.25) is 4.90 Å². The molecule has 4 nitrogen and oxygen atoms in total. The second-order valence-corrected chi connectivity index (χ2v) is 5.41. The monoisotopic (exact) mass is 251 g/mol. The first-order chi connectivity index (χ1) is 8.49. The van der Waals surface area contributed by atoms with Crippen molar-refractivity contribution < 1.29 is 14.3 Å². The zero-order chi connectivity index (χ0) is 13.3. The van der Waals surface area contributed by atoms with E-state index in [-0.39, 0.29) is 5.56 Å². The van der Waals surface area contributed by atoms with Crippen LogP contribution in [-0.2, 0) is 6.54 Å². The summed E-state index contributed by atoms with van der Waals surface area (Å²) in [7, 11) is 0. The molecule has 1 aromatic rings. The Morgan fingerprint density at radius 2 is 2.33 bits per heavy atom. The summed E-state index contributed by atoms with van der Waals surface area (Å²) in [5, 5.41) is 9.01. The fourth-order valence-electron chi connectivity index (χ4n) is 2.84. The molecule has 2 heterocycles. The SMILES string of the molecule is Cc1oc(CN2CCCC2C(C)C)cc1C(=O)O. The van der Waals surface area contributed by atoms with Gasteiger partial charge in [-0.15, -0.1) is 0 Å². The third kappa shape index (κ3) is 2.58. The number of nitrogens with zero attached hydrogens (tertiary/aromatic N) is 1. The van der Waals surface area contributed by atoms with Crippen molar-refractivity contribution in [1.29, 1.82) is 0 Å². The van der Waals surface area contributed by atoms with Crippen molar-refractivity contribution in [3.63, 3.8) is 0 Å². The van der Waals surface area contributed by atoms with Crippen molar-refractivity contribution >= 4 is 5.97 Å². The van der Waals surface area contributed by atoms with Gasteiger partial charge in [-0.25, -0.2) is 4.79 Å². The normalized spacial score (nSPS) is 20.8. The Morgan fingerprint density at radius 1 is 1.61 bits per heavy atom. The number of carboxylic acid groups (broad SMARTS) is 1. The van der Waals surface area contributed by atoms with Gasteiger partial charge in [0.25, 0.3) is 0 Å². The first-order valence-corrected chi connectivity index (χ1v) is 6.55. The van der Waals surface area contributed by atoms with E-state index in [0.29, 0.717) is 17.7 Å². The van der Waals surface area contributed by atoms with Gasteiger partial charge in [0.15, 0.2) is 0 Å². The topological polar surface area (TPSA) is 53.7 Å². The molecule has 1 saturated heterocycles. The highest BCUT2D eigenvalue weighted by Gasteiger charge is 2.28. The van der Waals surface area contributed by atoms with Crippen LogP contribution in [0.1, 0.15) is 48.6 Å². The standard InChI is InChI=1S/C14H21NO3/c1-9(2)13-5-4-6-15(13)8-11-7-12(14(16)17)10(3)18-11/h7,9,13H,4-6,8H2,1-3H3,(H,16,17).